The molecule has 0 atom stereocenters. The monoisotopic (exact) mass is 340 g/mol. The van der Waals surface area contributed by atoms with Crippen LogP contribution in [0.2, 0.25) is 0 Å². The van der Waals surface area contributed by atoms with Crippen LogP contribution in [0.15, 0.2) is 48.5 Å². The third-order valence-electron chi connectivity index (χ3n) is 3.54. The number of ether oxygens (including phenoxy) is 1. The molecule has 0 saturated carbocycles. The van der Waals surface area contributed by atoms with Crippen molar-refractivity contribution in [2.45, 2.75) is 19.8 Å². The zero-order chi connectivity index (χ0) is 18.2. The summed E-state index contributed by atoms with van der Waals surface area (Å²) in [6.45, 7) is 1.77. The summed E-state index contributed by atoms with van der Waals surface area (Å²) in [5.74, 6) is -0.648. The van der Waals surface area contributed by atoms with Crippen LogP contribution in [0.3, 0.4) is 0 Å². The Labute approximate surface area is 146 Å². The van der Waals surface area contributed by atoms with E-state index in [1.165, 1.54) is 7.11 Å². The molecule has 25 heavy (non-hydrogen) atoms. The number of carbonyl (C=O) groups is 3. The topological polar surface area (TPSA) is 84.5 Å². The highest BCUT2D eigenvalue weighted by molar-refractivity contribution is 6.04. The van der Waals surface area contributed by atoms with Crippen LogP contribution in [0, 0.1) is 0 Å². The van der Waals surface area contributed by atoms with Crippen molar-refractivity contribution >= 4 is 29.2 Å². The highest BCUT2D eigenvalue weighted by Gasteiger charge is 2.08. The summed E-state index contributed by atoms with van der Waals surface area (Å²) in [4.78, 5) is 34.8. The van der Waals surface area contributed by atoms with Crippen LogP contribution in [0.25, 0.3) is 0 Å². The fourth-order valence-corrected chi connectivity index (χ4v) is 2.10. The van der Waals surface area contributed by atoms with Gasteiger partial charge < -0.3 is 15.4 Å². The first-order valence-electron chi connectivity index (χ1n) is 7.89. The lowest BCUT2D eigenvalue weighted by Gasteiger charge is -2.08. The van der Waals surface area contributed by atoms with E-state index in [2.05, 4.69) is 15.4 Å². The fourth-order valence-electron chi connectivity index (χ4n) is 2.10. The van der Waals surface area contributed by atoms with Gasteiger partial charge in [-0.3, -0.25) is 14.4 Å². The maximum atomic E-state index is 12.2. The van der Waals surface area contributed by atoms with Gasteiger partial charge in [0, 0.05) is 23.4 Å². The third kappa shape index (κ3) is 5.46. The molecule has 2 rings (SSSR count). The van der Waals surface area contributed by atoms with E-state index in [4.69, 9.17) is 0 Å². The molecule has 0 aliphatic carbocycles. The molecular formula is C19H20N2O4. The van der Waals surface area contributed by atoms with Gasteiger partial charge >= 0.3 is 5.97 Å². The summed E-state index contributed by atoms with van der Waals surface area (Å²) in [6.07, 6.45) is 0.587. The Bertz CT molecular complexity index is 752. The molecule has 0 bridgehead atoms. The Morgan fingerprint density at radius 1 is 0.880 bits per heavy atom. The number of rotatable bonds is 6. The van der Waals surface area contributed by atoms with E-state index in [0.29, 0.717) is 23.4 Å². The second kappa shape index (κ2) is 8.63. The van der Waals surface area contributed by atoms with E-state index in [1.54, 1.807) is 55.5 Å². The highest BCUT2D eigenvalue weighted by atomic mass is 16.5. The number of hydrogen-bond acceptors (Lipinski definition) is 4. The van der Waals surface area contributed by atoms with Gasteiger partial charge in [-0.05, 0) is 42.0 Å². The number of anilines is 2. The molecule has 2 aromatic carbocycles. The smallest absolute Gasteiger partial charge is 0.309 e. The molecule has 2 amide bonds. The zero-order valence-corrected chi connectivity index (χ0v) is 14.2. The Kier molecular flexibility index (Phi) is 6.28. The van der Waals surface area contributed by atoms with Crippen molar-refractivity contribution in [3.8, 4) is 0 Å². The van der Waals surface area contributed by atoms with Gasteiger partial charge in [0.05, 0.1) is 13.5 Å². The molecule has 0 aliphatic rings. The number of esters is 1. The quantitative estimate of drug-likeness (QED) is 0.792. The lowest BCUT2D eigenvalue weighted by molar-refractivity contribution is -0.139. The minimum absolute atomic E-state index is 0.0794. The van der Waals surface area contributed by atoms with E-state index >= 15 is 0 Å². The molecule has 0 spiro atoms. The first-order valence-corrected chi connectivity index (χ1v) is 7.89. The second-order valence-corrected chi connectivity index (χ2v) is 5.38. The molecule has 0 radical (unpaired) electrons. The summed E-state index contributed by atoms with van der Waals surface area (Å²) in [7, 11) is 1.34. The van der Waals surface area contributed by atoms with Gasteiger partial charge in [0.1, 0.15) is 0 Å². The Balaban J connectivity index is 1.97. The van der Waals surface area contributed by atoms with Crippen LogP contribution in [-0.4, -0.2) is 24.9 Å². The summed E-state index contributed by atoms with van der Waals surface area (Å²) in [6, 6.07) is 13.6. The Morgan fingerprint density at radius 2 is 1.44 bits per heavy atom. The average Bonchev–Trinajstić information content (AvgIpc) is 2.63. The predicted molar refractivity (Wildman–Crippen MR) is 95.5 cm³/mol. The maximum absolute atomic E-state index is 12.2. The first-order chi connectivity index (χ1) is 12.0. The van der Waals surface area contributed by atoms with Crippen molar-refractivity contribution in [1.29, 1.82) is 0 Å². The number of benzene rings is 2. The number of amides is 2. The van der Waals surface area contributed by atoms with Crippen molar-refractivity contribution in [2.24, 2.45) is 0 Å². The van der Waals surface area contributed by atoms with E-state index in [1.807, 2.05) is 0 Å². The second-order valence-electron chi connectivity index (χ2n) is 5.38. The fraction of sp³-hybridized carbons (Fsp3) is 0.211. The number of hydrogen-bond donors (Lipinski definition) is 2. The minimum Gasteiger partial charge on any atom is -0.469 e. The van der Waals surface area contributed by atoms with E-state index < -0.39 is 0 Å². The van der Waals surface area contributed by atoms with Gasteiger partial charge in [-0.25, -0.2) is 0 Å². The van der Waals surface area contributed by atoms with Crippen molar-refractivity contribution in [3.63, 3.8) is 0 Å². The molecule has 0 heterocycles. The zero-order valence-electron chi connectivity index (χ0n) is 14.2. The number of carbonyl (C=O) groups excluding carboxylic acids is 3. The maximum Gasteiger partial charge on any atom is 0.309 e. The van der Waals surface area contributed by atoms with Crippen LogP contribution in [0.1, 0.15) is 29.3 Å². The molecule has 0 saturated heterocycles. The molecule has 0 unspecified atom stereocenters. The first kappa shape index (κ1) is 18.2. The number of nitrogens with one attached hydrogen (secondary N) is 2. The largest absolute Gasteiger partial charge is 0.469 e. The van der Waals surface area contributed by atoms with Gasteiger partial charge in [0.2, 0.25) is 5.91 Å². The Hall–Kier alpha value is -3.15. The molecular weight excluding hydrogens is 320 g/mol. The van der Waals surface area contributed by atoms with Gasteiger partial charge in [0.15, 0.2) is 0 Å². The molecule has 6 nitrogen and oxygen atoms in total. The molecule has 0 aromatic heterocycles. The molecule has 6 heteroatoms. The van der Waals surface area contributed by atoms with E-state index in [9.17, 15) is 14.4 Å². The molecule has 2 aromatic rings. The van der Waals surface area contributed by atoms with Crippen LogP contribution < -0.4 is 10.6 Å². The van der Waals surface area contributed by atoms with E-state index in [0.717, 1.165) is 5.56 Å². The van der Waals surface area contributed by atoms with Gasteiger partial charge in [-0.1, -0.05) is 19.1 Å². The van der Waals surface area contributed by atoms with Gasteiger partial charge in [-0.2, -0.15) is 0 Å². The summed E-state index contributed by atoms with van der Waals surface area (Å²) in [5.41, 5.74) is 2.56. The van der Waals surface area contributed by atoms with Crippen LogP contribution in [0.4, 0.5) is 11.4 Å². The normalized spacial score (nSPS) is 10.0. The lowest BCUT2D eigenvalue weighted by Crippen LogP contribution is -2.13. The molecule has 2 N–H and O–H groups in total. The average molecular weight is 340 g/mol. The van der Waals surface area contributed by atoms with Crippen molar-refractivity contribution in [2.75, 3.05) is 17.7 Å². The number of methoxy groups -OCH3 is 1. The van der Waals surface area contributed by atoms with Crippen molar-refractivity contribution in [1.82, 2.24) is 0 Å². The Morgan fingerprint density at radius 3 is 2.00 bits per heavy atom. The predicted octanol–water partition coefficient (Wildman–Crippen LogP) is 3.00. The summed E-state index contributed by atoms with van der Waals surface area (Å²) in [5, 5.41) is 5.51. The van der Waals surface area contributed by atoms with E-state index in [-0.39, 0.29) is 24.2 Å². The molecule has 130 valence electrons. The summed E-state index contributed by atoms with van der Waals surface area (Å²) >= 11 is 0. The van der Waals surface area contributed by atoms with Crippen LogP contribution in [0.5, 0.6) is 0 Å². The highest BCUT2D eigenvalue weighted by Crippen LogP contribution is 2.14. The minimum atomic E-state index is -0.313. The molecule has 0 fully saturated rings. The molecule has 0 aliphatic heterocycles. The van der Waals surface area contributed by atoms with Gasteiger partial charge in [0.25, 0.3) is 5.91 Å². The van der Waals surface area contributed by atoms with Gasteiger partial charge in [-0.15, -0.1) is 0 Å². The van der Waals surface area contributed by atoms with Crippen molar-refractivity contribution < 1.29 is 19.1 Å². The third-order valence-corrected chi connectivity index (χ3v) is 3.54. The van der Waals surface area contributed by atoms with Crippen LogP contribution in [-0.2, 0) is 20.7 Å². The van der Waals surface area contributed by atoms with Crippen LogP contribution >= 0.6 is 0 Å². The SMILES string of the molecule is CCC(=O)Nc1ccc(C(=O)Nc2ccc(CC(=O)OC)cc2)cc1. The standard InChI is InChI=1S/C19H20N2O4/c1-3-17(22)20-15-10-6-14(7-11-15)19(24)21-16-8-4-13(5-9-16)12-18(23)25-2/h4-11H,3,12H2,1-2H3,(H,20,22)(H,21,24). The van der Waals surface area contributed by atoms with Crippen molar-refractivity contribution in [3.05, 3.63) is 59.7 Å². The summed E-state index contributed by atoms with van der Waals surface area (Å²) < 4.78 is 4.61. The lowest BCUT2D eigenvalue weighted by atomic mass is 10.1.